The van der Waals surface area contributed by atoms with Gasteiger partial charge in [-0.2, -0.15) is 5.10 Å². The highest BCUT2D eigenvalue weighted by Crippen LogP contribution is 2.13. The molecule has 1 aromatic carbocycles. The Morgan fingerprint density at radius 1 is 1.12 bits per heavy atom. The molecule has 128 valence electrons. The maximum atomic E-state index is 13.5. The van der Waals surface area contributed by atoms with Crippen molar-refractivity contribution in [3.63, 3.8) is 0 Å². The van der Waals surface area contributed by atoms with Gasteiger partial charge < -0.3 is 5.32 Å². The number of nitrogens with zero attached hydrogens (tertiary/aromatic N) is 3. The largest absolute Gasteiger partial charge is 0.309 e. The van der Waals surface area contributed by atoms with E-state index in [1.165, 1.54) is 0 Å². The zero-order chi connectivity index (χ0) is 17.6. The van der Waals surface area contributed by atoms with Crippen LogP contribution in [0.1, 0.15) is 17.5 Å². The molecule has 1 amide bonds. The lowest BCUT2D eigenvalue weighted by Crippen LogP contribution is -2.13. The Balaban J connectivity index is 1.54. The molecular weight excluding hydrogens is 326 g/mol. The molecule has 2 aromatic heterocycles. The number of amides is 1. The van der Waals surface area contributed by atoms with Gasteiger partial charge in [0, 0.05) is 31.1 Å². The van der Waals surface area contributed by atoms with Gasteiger partial charge in [0.05, 0.1) is 6.54 Å². The van der Waals surface area contributed by atoms with Gasteiger partial charge in [-0.3, -0.25) is 14.5 Å². The predicted molar refractivity (Wildman–Crippen MR) is 88.9 cm³/mol. The smallest absolute Gasteiger partial charge is 0.225 e. The second-order valence-corrected chi connectivity index (χ2v) is 5.54. The van der Waals surface area contributed by atoms with Gasteiger partial charge in [-0.05, 0) is 47.9 Å². The third-order valence-electron chi connectivity index (χ3n) is 3.63. The summed E-state index contributed by atoms with van der Waals surface area (Å²) >= 11 is 0. The van der Waals surface area contributed by atoms with Crippen LogP contribution in [0, 0.1) is 11.6 Å². The highest BCUT2D eigenvalue weighted by Gasteiger charge is 2.09. The van der Waals surface area contributed by atoms with E-state index in [1.54, 1.807) is 29.3 Å². The van der Waals surface area contributed by atoms with Gasteiger partial charge in [0.1, 0.15) is 11.6 Å². The molecule has 5 nitrogen and oxygen atoms in total. The minimum Gasteiger partial charge on any atom is -0.309 e. The second-order valence-electron chi connectivity index (χ2n) is 5.54. The van der Waals surface area contributed by atoms with E-state index in [4.69, 9.17) is 0 Å². The minimum atomic E-state index is -0.522. The number of rotatable bonds is 6. The molecule has 3 aromatic rings. The average molecular weight is 342 g/mol. The average Bonchev–Trinajstić information content (AvgIpc) is 3.03. The van der Waals surface area contributed by atoms with Crippen LogP contribution in [0.5, 0.6) is 0 Å². The molecule has 0 atom stereocenters. The van der Waals surface area contributed by atoms with Gasteiger partial charge in [-0.1, -0.05) is 0 Å². The molecule has 0 saturated carbocycles. The standard InChI is InChI=1S/C18H16F2N4O/c19-15-2-3-16(20)14(11-15)1-4-18(25)22-17-7-10-24(23-17)12-13-5-8-21-9-6-13/h2-3,5-11H,1,4,12H2,(H,22,23,25). The van der Waals surface area contributed by atoms with Crippen LogP contribution in [-0.2, 0) is 17.8 Å². The lowest BCUT2D eigenvalue weighted by molar-refractivity contribution is -0.116. The third-order valence-corrected chi connectivity index (χ3v) is 3.63. The molecule has 25 heavy (non-hydrogen) atoms. The first-order valence-electron chi connectivity index (χ1n) is 7.76. The molecule has 0 aliphatic rings. The van der Waals surface area contributed by atoms with Crippen LogP contribution < -0.4 is 5.32 Å². The fourth-order valence-corrected chi connectivity index (χ4v) is 2.38. The number of hydrogen-bond donors (Lipinski definition) is 1. The van der Waals surface area contributed by atoms with E-state index in [0.29, 0.717) is 12.4 Å². The first-order chi connectivity index (χ1) is 12.1. The summed E-state index contributed by atoms with van der Waals surface area (Å²) in [7, 11) is 0. The monoisotopic (exact) mass is 342 g/mol. The van der Waals surface area contributed by atoms with Crippen LogP contribution >= 0.6 is 0 Å². The first-order valence-corrected chi connectivity index (χ1v) is 7.76. The van der Waals surface area contributed by atoms with E-state index in [-0.39, 0.29) is 24.3 Å². The van der Waals surface area contributed by atoms with Crippen molar-refractivity contribution >= 4 is 11.7 Å². The number of pyridine rings is 1. The molecule has 3 rings (SSSR count). The summed E-state index contributed by atoms with van der Waals surface area (Å²) in [6, 6.07) is 8.66. The molecular formula is C18H16F2N4O. The number of aromatic nitrogens is 3. The fourth-order valence-electron chi connectivity index (χ4n) is 2.38. The van der Waals surface area contributed by atoms with Crippen LogP contribution in [0.25, 0.3) is 0 Å². The summed E-state index contributed by atoms with van der Waals surface area (Å²) in [5, 5.41) is 6.92. The van der Waals surface area contributed by atoms with Gasteiger partial charge >= 0.3 is 0 Å². The molecule has 0 saturated heterocycles. The maximum Gasteiger partial charge on any atom is 0.225 e. The van der Waals surface area contributed by atoms with Gasteiger partial charge in [0.15, 0.2) is 5.82 Å². The number of halogens is 2. The number of benzene rings is 1. The quantitative estimate of drug-likeness (QED) is 0.748. The van der Waals surface area contributed by atoms with E-state index in [9.17, 15) is 13.6 Å². The first kappa shape index (κ1) is 16.8. The summed E-state index contributed by atoms with van der Waals surface area (Å²) in [4.78, 5) is 15.9. The van der Waals surface area contributed by atoms with Crippen LogP contribution in [0.4, 0.5) is 14.6 Å². The molecule has 0 fully saturated rings. The Hall–Kier alpha value is -3.09. The van der Waals surface area contributed by atoms with Crippen molar-refractivity contribution in [3.8, 4) is 0 Å². The predicted octanol–water partition coefficient (Wildman–Crippen LogP) is 3.18. The minimum absolute atomic E-state index is 0.0393. The number of anilines is 1. The summed E-state index contributed by atoms with van der Waals surface area (Å²) in [5.41, 5.74) is 1.22. The van der Waals surface area contributed by atoms with Gasteiger partial charge in [-0.15, -0.1) is 0 Å². The van der Waals surface area contributed by atoms with Crippen molar-refractivity contribution in [2.75, 3.05) is 5.32 Å². The molecule has 1 N–H and O–H groups in total. The topological polar surface area (TPSA) is 59.8 Å². The van der Waals surface area contributed by atoms with Crippen molar-refractivity contribution in [3.05, 3.63) is 77.8 Å². The molecule has 0 unspecified atom stereocenters. The zero-order valence-electron chi connectivity index (χ0n) is 13.3. The summed E-state index contributed by atoms with van der Waals surface area (Å²) in [6.07, 6.45) is 5.31. The molecule has 0 aliphatic heterocycles. The van der Waals surface area contributed by atoms with E-state index >= 15 is 0 Å². The van der Waals surface area contributed by atoms with Crippen LogP contribution in [0.3, 0.4) is 0 Å². The molecule has 7 heteroatoms. The Kier molecular flexibility index (Phi) is 5.13. The van der Waals surface area contributed by atoms with Crippen molar-refractivity contribution in [2.24, 2.45) is 0 Å². The van der Waals surface area contributed by atoms with E-state index in [1.807, 2.05) is 12.1 Å². The number of carbonyl (C=O) groups excluding carboxylic acids is 1. The Morgan fingerprint density at radius 3 is 2.72 bits per heavy atom. The zero-order valence-corrected chi connectivity index (χ0v) is 13.3. The summed E-state index contributed by atoms with van der Waals surface area (Å²) in [5.74, 6) is -0.931. The van der Waals surface area contributed by atoms with E-state index in [2.05, 4.69) is 15.4 Å². The normalized spacial score (nSPS) is 10.6. The van der Waals surface area contributed by atoms with Gasteiger partial charge in [0.2, 0.25) is 5.91 Å². The molecule has 0 aliphatic carbocycles. The number of hydrogen-bond acceptors (Lipinski definition) is 3. The van der Waals surface area contributed by atoms with Crippen LogP contribution in [0.15, 0.2) is 55.0 Å². The van der Waals surface area contributed by atoms with E-state index < -0.39 is 11.6 Å². The SMILES string of the molecule is O=C(CCc1cc(F)ccc1F)Nc1ccn(Cc2ccncc2)n1. The highest BCUT2D eigenvalue weighted by molar-refractivity contribution is 5.89. The molecule has 2 heterocycles. The molecule has 0 bridgehead atoms. The highest BCUT2D eigenvalue weighted by atomic mass is 19.1. The molecule has 0 radical (unpaired) electrons. The van der Waals surface area contributed by atoms with Crippen LogP contribution in [-0.4, -0.2) is 20.7 Å². The van der Waals surface area contributed by atoms with Crippen LogP contribution in [0.2, 0.25) is 0 Å². The Morgan fingerprint density at radius 2 is 1.92 bits per heavy atom. The van der Waals surface area contributed by atoms with Gasteiger partial charge in [0.25, 0.3) is 0 Å². The van der Waals surface area contributed by atoms with Crippen molar-refractivity contribution in [2.45, 2.75) is 19.4 Å². The summed E-state index contributed by atoms with van der Waals surface area (Å²) < 4.78 is 28.3. The number of nitrogens with one attached hydrogen (secondary N) is 1. The van der Waals surface area contributed by atoms with Crippen molar-refractivity contribution < 1.29 is 13.6 Å². The Bertz CT molecular complexity index is 865. The van der Waals surface area contributed by atoms with E-state index in [0.717, 1.165) is 23.8 Å². The maximum absolute atomic E-state index is 13.5. The molecule has 0 spiro atoms. The lowest BCUT2D eigenvalue weighted by Gasteiger charge is -2.04. The van der Waals surface area contributed by atoms with Crippen molar-refractivity contribution in [1.82, 2.24) is 14.8 Å². The lowest BCUT2D eigenvalue weighted by atomic mass is 10.1. The summed E-state index contributed by atoms with van der Waals surface area (Å²) in [6.45, 7) is 0.562. The number of carbonyl (C=O) groups is 1. The second kappa shape index (κ2) is 7.65. The van der Waals surface area contributed by atoms with Crippen molar-refractivity contribution in [1.29, 1.82) is 0 Å². The van der Waals surface area contributed by atoms with Gasteiger partial charge in [-0.25, -0.2) is 8.78 Å². The fraction of sp³-hybridized carbons (Fsp3) is 0.167. The third kappa shape index (κ3) is 4.69. The number of aryl methyl sites for hydroxylation is 1. The Labute approximate surface area is 143 Å².